The van der Waals surface area contributed by atoms with E-state index in [2.05, 4.69) is 50.9 Å². The Hall–Kier alpha value is -3.00. The van der Waals surface area contributed by atoms with Crippen LogP contribution in [0.4, 0.5) is 5.95 Å². The van der Waals surface area contributed by atoms with Crippen LogP contribution in [0, 0.1) is 6.92 Å². The van der Waals surface area contributed by atoms with E-state index in [0.29, 0.717) is 17.1 Å². The maximum atomic E-state index is 12.8. The predicted octanol–water partition coefficient (Wildman–Crippen LogP) is 3.88. The van der Waals surface area contributed by atoms with Gasteiger partial charge in [0.25, 0.3) is 0 Å². The van der Waals surface area contributed by atoms with Gasteiger partial charge in [0, 0.05) is 18.7 Å². The molecule has 0 spiro atoms. The maximum Gasteiger partial charge on any atom is 0.232 e. The third-order valence-electron chi connectivity index (χ3n) is 5.32. The molecule has 0 unspecified atom stereocenters. The second-order valence-electron chi connectivity index (χ2n) is 7.43. The Morgan fingerprint density at radius 3 is 2.60 bits per heavy atom. The number of ketones is 1. The van der Waals surface area contributed by atoms with Gasteiger partial charge in [0.2, 0.25) is 12.7 Å². The highest BCUT2D eigenvalue weighted by Crippen LogP contribution is 2.33. The molecule has 3 heterocycles. The molecule has 0 saturated carbocycles. The van der Waals surface area contributed by atoms with Gasteiger partial charge in [-0.2, -0.15) is 0 Å². The second kappa shape index (κ2) is 8.02. The van der Waals surface area contributed by atoms with Crippen LogP contribution in [0.5, 0.6) is 11.5 Å². The van der Waals surface area contributed by atoms with Crippen molar-refractivity contribution < 1.29 is 14.3 Å². The summed E-state index contributed by atoms with van der Waals surface area (Å²) in [5, 5.41) is 9.60. The molecule has 2 aliphatic heterocycles. The van der Waals surface area contributed by atoms with Gasteiger partial charge in [-0.15, -0.1) is 10.2 Å². The van der Waals surface area contributed by atoms with Gasteiger partial charge in [-0.05, 0) is 50.1 Å². The molecule has 2 aliphatic rings. The minimum Gasteiger partial charge on any atom is -0.454 e. The van der Waals surface area contributed by atoms with E-state index in [1.54, 1.807) is 18.2 Å². The normalized spacial score (nSPS) is 15.0. The fraction of sp³-hybridized carbons (Fsp3) is 0.318. The summed E-state index contributed by atoms with van der Waals surface area (Å²) in [4.78, 5) is 15.0. The number of thioether (sulfide) groups is 1. The molecule has 5 rings (SSSR count). The first-order chi connectivity index (χ1) is 14.7. The highest BCUT2D eigenvalue weighted by Gasteiger charge is 2.23. The first kappa shape index (κ1) is 19.0. The van der Waals surface area contributed by atoms with Crippen LogP contribution in [0.25, 0.3) is 5.69 Å². The largest absolute Gasteiger partial charge is 0.454 e. The molecule has 0 N–H and O–H groups in total. The van der Waals surface area contributed by atoms with Crippen LogP contribution in [0.3, 0.4) is 0 Å². The molecule has 0 aliphatic carbocycles. The average molecular weight is 423 g/mol. The highest BCUT2D eigenvalue weighted by molar-refractivity contribution is 7.99. The molecule has 2 aromatic carbocycles. The molecule has 0 atom stereocenters. The second-order valence-corrected chi connectivity index (χ2v) is 8.37. The van der Waals surface area contributed by atoms with Crippen molar-refractivity contribution in [3.05, 3.63) is 53.6 Å². The molecule has 0 bridgehead atoms. The number of carbonyl (C=O) groups excluding carboxylic acids is 1. The zero-order chi connectivity index (χ0) is 20.5. The third-order valence-corrected chi connectivity index (χ3v) is 6.25. The fourth-order valence-corrected chi connectivity index (χ4v) is 4.52. The van der Waals surface area contributed by atoms with Gasteiger partial charge in [-0.25, -0.2) is 0 Å². The number of anilines is 1. The van der Waals surface area contributed by atoms with Crippen molar-refractivity contribution in [1.82, 2.24) is 14.8 Å². The van der Waals surface area contributed by atoms with Crippen LogP contribution < -0.4 is 14.4 Å². The Kier molecular flexibility index (Phi) is 5.08. The summed E-state index contributed by atoms with van der Waals surface area (Å²) in [6.07, 6.45) is 2.32. The van der Waals surface area contributed by atoms with E-state index in [4.69, 9.17) is 9.47 Å². The number of rotatable bonds is 6. The zero-order valence-corrected chi connectivity index (χ0v) is 17.5. The first-order valence-electron chi connectivity index (χ1n) is 10.0. The Morgan fingerprint density at radius 2 is 1.80 bits per heavy atom. The number of hydrogen-bond donors (Lipinski definition) is 0. The number of ether oxygens (including phenoxy) is 2. The number of hydrogen-bond acceptors (Lipinski definition) is 7. The van der Waals surface area contributed by atoms with Gasteiger partial charge < -0.3 is 14.4 Å². The molecule has 154 valence electrons. The summed E-state index contributed by atoms with van der Waals surface area (Å²) in [7, 11) is 0. The number of Topliss-reactive ketones (excluding diaryl/α,β-unsaturated/α-hetero) is 1. The van der Waals surface area contributed by atoms with Gasteiger partial charge in [-0.1, -0.05) is 29.5 Å². The lowest BCUT2D eigenvalue weighted by Gasteiger charge is -2.18. The van der Waals surface area contributed by atoms with E-state index in [1.807, 2.05) is 0 Å². The fourth-order valence-electron chi connectivity index (χ4n) is 3.68. The molecule has 0 radical (unpaired) electrons. The number of carbonyl (C=O) groups is 1. The monoisotopic (exact) mass is 422 g/mol. The van der Waals surface area contributed by atoms with E-state index in [1.165, 1.54) is 17.3 Å². The van der Waals surface area contributed by atoms with Crippen molar-refractivity contribution in [2.75, 3.05) is 30.5 Å². The molecule has 3 aromatic rings. The quantitative estimate of drug-likeness (QED) is 0.441. The molecule has 8 heteroatoms. The molecule has 1 saturated heterocycles. The van der Waals surface area contributed by atoms with E-state index < -0.39 is 0 Å². The van der Waals surface area contributed by atoms with E-state index >= 15 is 0 Å². The lowest BCUT2D eigenvalue weighted by Crippen LogP contribution is -2.22. The van der Waals surface area contributed by atoms with E-state index in [-0.39, 0.29) is 18.3 Å². The molecule has 7 nitrogen and oxygen atoms in total. The van der Waals surface area contributed by atoms with Crippen LogP contribution in [0.2, 0.25) is 0 Å². The summed E-state index contributed by atoms with van der Waals surface area (Å²) in [6, 6.07) is 13.6. The molecular formula is C22H22N4O3S. The third kappa shape index (κ3) is 3.63. The summed E-state index contributed by atoms with van der Waals surface area (Å²) >= 11 is 1.40. The Bertz CT molecular complexity index is 1070. The summed E-state index contributed by atoms with van der Waals surface area (Å²) < 4.78 is 12.8. The van der Waals surface area contributed by atoms with Gasteiger partial charge in [-0.3, -0.25) is 9.36 Å². The lowest BCUT2D eigenvalue weighted by molar-refractivity contribution is 0.102. The molecule has 30 heavy (non-hydrogen) atoms. The van der Waals surface area contributed by atoms with Crippen molar-refractivity contribution in [1.29, 1.82) is 0 Å². The molecule has 1 aromatic heterocycles. The first-order valence-corrected chi connectivity index (χ1v) is 11.0. The van der Waals surface area contributed by atoms with E-state index in [0.717, 1.165) is 42.7 Å². The topological polar surface area (TPSA) is 69.5 Å². The van der Waals surface area contributed by atoms with Crippen LogP contribution in [0.1, 0.15) is 28.8 Å². The summed E-state index contributed by atoms with van der Waals surface area (Å²) in [6.45, 7) is 4.22. The van der Waals surface area contributed by atoms with Gasteiger partial charge in [0.1, 0.15) is 0 Å². The van der Waals surface area contributed by atoms with Crippen molar-refractivity contribution >= 4 is 23.5 Å². The molecular weight excluding hydrogens is 400 g/mol. The van der Waals surface area contributed by atoms with Crippen LogP contribution in [0.15, 0.2) is 47.6 Å². The van der Waals surface area contributed by atoms with Gasteiger partial charge in [0.15, 0.2) is 22.4 Å². The Morgan fingerprint density at radius 1 is 1.03 bits per heavy atom. The SMILES string of the molecule is Cc1ccc(-n2c(SCC(=O)c3ccc4c(c3)OCO4)nnc2N2CCCC2)cc1. The van der Waals surface area contributed by atoms with Crippen molar-refractivity contribution in [3.63, 3.8) is 0 Å². The van der Waals surface area contributed by atoms with E-state index in [9.17, 15) is 4.79 Å². The number of fused-ring (bicyclic) bond motifs is 1. The van der Waals surface area contributed by atoms with Gasteiger partial charge in [0.05, 0.1) is 11.4 Å². The number of aryl methyl sites for hydroxylation is 1. The summed E-state index contributed by atoms with van der Waals surface area (Å²) in [5.41, 5.74) is 2.81. The van der Waals surface area contributed by atoms with Crippen molar-refractivity contribution in [3.8, 4) is 17.2 Å². The minimum atomic E-state index is 0.0134. The molecule has 0 amide bonds. The Labute approximate surface area is 179 Å². The van der Waals surface area contributed by atoms with Gasteiger partial charge >= 0.3 is 0 Å². The smallest absolute Gasteiger partial charge is 0.232 e. The number of aromatic nitrogens is 3. The average Bonchev–Trinajstić information content (AvgIpc) is 3.52. The lowest BCUT2D eigenvalue weighted by atomic mass is 10.1. The van der Waals surface area contributed by atoms with Crippen LogP contribution in [-0.4, -0.2) is 46.2 Å². The Balaban J connectivity index is 1.40. The zero-order valence-electron chi connectivity index (χ0n) is 16.7. The summed E-state index contributed by atoms with van der Waals surface area (Å²) in [5.74, 6) is 2.41. The molecule has 1 fully saturated rings. The standard InChI is InChI=1S/C22H22N4O3S/c1-15-4-7-17(8-5-15)26-21(25-10-2-3-11-25)23-24-22(26)30-13-18(27)16-6-9-19-20(12-16)29-14-28-19/h4-9,12H,2-3,10-11,13-14H2,1H3. The number of benzene rings is 2. The van der Waals surface area contributed by atoms with Crippen molar-refractivity contribution in [2.45, 2.75) is 24.9 Å². The highest BCUT2D eigenvalue weighted by atomic mass is 32.2. The van der Waals surface area contributed by atoms with Crippen LogP contribution >= 0.6 is 11.8 Å². The number of nitrogens with zero attached hydrogens (tertiary/aromatic N) is 4. The minimum absolute atomic E-state index is 0.0134. The van der Waals surface area contributed by atoms with Crippen LogP contribution in [-0.2, 0) is 0 Å². The maximum absolute atomic E-state index is 12.8. The van der Waals surface area contributed by atoms with Crippen molar-refractivity contribution in [2.24, 2.45) is 0 Å². The predicted molar refractivity (Wildman–Crippen MR) is 115 cm³/mol.